The van der Waals surface area contributed by atoms with Crippen LogP contribution in [0.3, 0.4) is 0 Å². The van der Waals surface area contributed by atoms with E-state index in [-0.39, 0.29) is 0 Å². The third kappa shape index (κ3) is 4.35. The number of hydrogen-bond acceptors (Lipinski definition) is 2. The van der Waals surface area contributed by atoms with Crippen molar-refractivity contribution in [2.75, 3.05) is 18.1 Å². The van der Waals surface area contributed by atoms with Crippen LogP contribution in [0.2, 0.25) is 0 Å². The molecular formula is C11H15NOS. The van der Waals surface area contributed by atoms with E-state index in [1.165, 1.54) is 0 Å². The summed E-state index contributed by atoms with van der Waals surface area (Å²) in [4.78, 5) is 0. The first-order chi connectivity index (χ1) is 6.83. The van der Waals surface area contributed by atoms with Gasteiger partial charge >= 0.3 is 0 Å². The quantitative estimate of drug-likeness (QED) is 0.796. The molecule has 0 amide bonds. The highest BCUT2D eigenvalue weighted by Crippen LogP contribution is 2.00. The summed E-state index contributed by atoms with van der Waals surface area (Å²) in [5.74, 6) is 1.17. The molecule has 0 aliphatic heterocycles. The molecule has 1 atom stereocenters. The number of benzene rings is 1. The van der Waals surface area contributed by atoms with Gasteiger partial charge < -0.3 is 5.73 Å². The molecule has 0 aliphatic carbocycles. The van der Waals surface area contributed by atoms with Gasteiger partial charge in [0.1, 0.15) is 0 Å². The molecule has 1 unspecified atom stereocenters. The second-order valence-corrected chi connectivity index (χ2v) is 4.53. The van der Waals surface area contributed by atoms with Crippen LogP contribution in [-0.2, 0) is 10.8 Å². The molecule has 0 fully saturated rings. The third-order valence-corrected chi connectivity index (χ3v) is 2.99. The molecule has 0 bridgehead atoms. The van der Waals surface area contributed by atoms with Crippen molar-refractivity contribution in [1.29, 1.82) is 0 Å². The van der Waals surface area contributed by atoms with E-state index in [4.69, 9.17) is 5.73 Å². The van der Waals surface area contributed by atoms with Gasteiger partial charge in [-0.25, -0.2) is 0 Å². The fourth-order valence-corrected chi connectivity index (χ4v) is 1.81. The Morgan fingerprint density at radius 1 is 1.29 bits per heavy atom. The van der Waals surface area contributed by atoms with Crippen molar-refractivity contribution in [3.63, 3.8) is 0 Å². The largest absolute Gasteiger partial charge is 0.330 e. The average Bonchev–Trinajstić information content (AvgIpc) is 2.20. The Kier molecular flexibility index (Phi) is 5.19. The van der Waals surface area contributed by atoms with E-state index >= 15 is 0 Å². The van der Waals surface area contributed by atoms with Gasteiger partial charge in [0.2, 0.25) is 0 Å². The van der Waals surface area contributed by atoms with Crippen LogP contribution in [0.5, 0.6) is 0 Å². The first-order valence-electron chi connectivity index (χ1n) is 4.59. The summed E-state index contributed by atoms with van der Waals surface area (Å²) < 4.78 is 11.2. The maximum absolute atomic E-state index is 11.2. The van der Waals surface area contributed by atoms with Gasteiger partial charge in [0, 0.05) is 28.9 Å². The Balaban J connectivity index is 2.38. The SMILES string of the molecule is NCCS(=O)C/C=C/c1ccccc1. The highest BCUT2D eigenvalue weighted by atomic mass is 32.2. The summed E-state index contributed by atoms with van der Waals surface area (Å²) in [6.45, 7) is 0.492. The summed E-state index contributed by atoms with van der Waals surface area (Å²) in [6, 6.07) is 9.97. The summed E-state index contributed by atoms with van der Waals surface area (Å²) in [6.07, 6.45) is 3.91. The van der Waals surface area contributed by atoms with Crippen LogP contribution in [-0.4, -0.2) is 22.3 Å². The Morgan fingerprint density at radius 2 is 2.00 bits per heavy atom. The molecule has 2 N–H and O–H groups in total. The monoisotopic (exact) mass is 209 g/mol. The predicted octanol–water partition coefficient (Wildman–Crippen LogP) is 1.41. The van der Waals surface area contributed by atoms with Crippen molar-refractivity contribution in [1.82, 2.24) is 0 Å². The summed E-state index contributed by atoms with van der Waals surface area (Å²) in [5.41, 5.74) is 6.43. The van der Waals surface area contributed by atoms with Crippen molar-refractivity contribution in [3.05, 3.63) is 42.0 Å². The van der Waals surface area contributed by atoms with Crippen LogP contribution in [0.4, 0.5) is 0 Å². The van der Waals surface area contributed by atoms with Gasteiger partial charge in [0.05, 0.1) is 0 Å². The normalized spacial score (nSPS) is 13.2. The van der Waals surface area contributed by atoms with Gasteiger partial charge in [-0.2, -0.15) is 0 Å². The van der Waals surface area contributed by atoms with E-state index in [0.717, 1.165) is 5.56 Å². The van der Waals surface area contributed by atoms with Gasteiger partial charge in [-0.3, -0.25) is 4.21 Å². The van der Waals surface area contributed by atoms with Gasteiger partial charge in [-0.05, 0) is 5.56 Å². The van der Waals surface area contributed by atoms with Crippen molar-refractivity contribution in [3.8, 4) is 0 Å². The molecule has 76 valence electrons. The van der Waals surface area contributed by atoms with E-state index in [9.17, 15) is 4.21 Å². The summed E-state index contributed by atoms with van der Waals surface area (Å²) in [7, 11) is -0.806. The molecule has 0 saturated heterocycles. The van der Waals surface area contributed by atoms with Crippen LogP contribution in [0.15, 0.2) is 36.4 Å². The molecule has 0 radical (unpaired) electrons. The van der Waals surface area contributed by atoms with Crippen LogP contribution in [0.1, 0.15) is 5.56 Å². The molecule has 14 heavy (non-hydrogen) atoms. The van der Waals surface area contributed by atoms with E-state index < -0.39 is 10.8 Å². The van der Waals surface area contributed by atoms with E-state index in [1.807, 2.05) is 42.5 Å². The lowest BCUT2D eigenvalue weighted by Crippen LogP contribution is -2.11. The molecule has 1 aromatic carbocycles. The van der Waals surface area contributed by atoms with Crippen LogP contribution >= 0.6 is 0 Å². The molecule has 0 aromatic heterocycles. The van der Waals surface area contributed by atoms with Crippen LogP contribution in [0, 0.1) is 0 Å². The van der Waals surface area contributed by atoms with Crippen molar-refractivity contribution in [2.45, 2.75) is 0 Å². The average molecular weight is 209 g/mol. The molecule has 3 heteroatoms. The first-order valence-corrected chi connectivity index (χ1v) is 6.08. The second-order valence-electron chi connectivity index (χ2n) is 2.91. The van der Waals surface area contributed by atoms with E-state index in [2.05, 4.69) is 0 Å². The molecule has 0 saturated carbocycles. The Labute approximate surface area is 87.3 Å². The Bertz CT molecular complexity index is 308. The van der Waals surface area contributed by atoms with Crippen molar-refractivity contribution in [2.24, 2.45) is 5.73 Å². The van der Waals surface area contributed by atoms with E-state index in [1.54, 1.807) is 0 Å². The minimum Gasteiger partial charge on any atom is -0.330 e. The lowest BCUT2D eigenvalue weighted by Gasteiger charge is -1.94. The second kappa shape index (κ2) is 6.51. The van der Waals surface area contributed by atoms with Gasteiger partial charge in [0.15, 0.2) is 0 Å². The number of nitrogens with two attached hydrogens (primary N) is 1. The zero-order valence-corrected chi connectivity index (χ0v) is 8.87. The van der Waals surface area contributed by atoms with Gasteiger partial charge in [0.25, 0.3) is 0 Å². The highest BCUT2D eigenvalue weighted by Gasteiger charge is 1.92. The smallest absolute Gasteiger partial charge is 0.0419 e. The molecule has 2 nitrogen and oxygen atoms in total. The minimum absolute atomic E-state index is 0.492. The Hall–Kier alpha value is -0.930. The lowest BCUT2D eigenvalue weighted by molar-refractivity contribution is 0.684. The topological polar surface area (TPSA) is 43.1 Å². The zero-order valence-electron chi connectivity index (χ0n) is 8.06. The van der Waals surface area contributed by atoms with E-state index in [0.29, 0.717) is 18.1 Å². The molecule has 0 heterocycles. The lowest BCUT2D eigenvalue weighted by atomic mass is 10.2. The third-order valence-electron chi connectivity index (χ3n) is 1.74. The maximum atomic E-state index is 11.2. The summed E-state index contributed by atoms with van der Waals surface area (Å²) >= 11 is 0. The molecule has 0 aliphatic rings. The standard InChI is InChI=1S/C11H15NOS/c12-8-10-14(13)9-4-7-11-5-2-1-3-6-11/h1-7H,8-10,12H2/b7-4+. The van der Waals surface area contributed by atoms with Gasteiger partial charge in [-0.1, -0.05) is 42.5 Å². The van der Waals surface area contributed by atoms with Gasteiger partial charge in [-0.15, -0.1) is 0 Å². The Morgan fingerprint density at radius 3 is 2.64 bits per heavy atom. The summed E-state index contributed by atoms with van der Waals surface area (Å²) in [5, 5.41) is 0. The highest BCUT2D eigenvalue weighted by molar-refractivity contribution is 7.85. The number of rotatable bonds is 5. The first kappa shape index (κ1) is 11.1. The van der Waals surface area contributed by atoms with Crippen molar-refractivity contribution < 1.29 is 4.21 Å². The zero-order chi connectivity index (χ0) is 10.2. The fraction of sp³-hybridized carbons (Fsp3) is 0.273. The fourth-order valence-electron chi connectivity index (χ4n) is 1.07. The molecular weight excluding hydrogens is 194 g/mol. The van der Waals surface area contributed by atoms with Crippen molar-refractivity contribution >= 4 is 16.9 Å². The molecule has 0 spiro atoms. The maximum Gasteiger partial charge on any atom is 0.0419 e. The number of hydrogen-bond donors (Lipinski definition) is 1. The predicted molar refractivity (Wildman–Crippen MR) is 62.4 cm³/mol. The molecule has 1 rings (SSSR count). The van der Waals surface area contributed by atoms with Crippen LogP contribution < -0.4 is 5.73 Å². The van der Waals surface area contributed by atoms with Crippen LogP contribution in [0.25, 0.3) is 6.08 Å². The minimum atomic E-state index is -0.806. The molecule has 1 aromatic rings.